The highest BCUT2D eigenvalue weighted by Gasteiger charge is 2.17. The molecular weight excluding hydrogens is 172 g/mol. The number of allylic oxidation sites excluding steroid dienone is 2. The molecule has 0 heterocycles. The van der Waals surface area contributed by atoms with Crippen LogP contribution in [0.4, 0.5) is 0 Å². The third-order valence-electron chi connectivity index (χ3n) is 2.33. The molecule has 2 nitrogen and oxygen atoms in total. The predicted molar refractivity (Wildman–Crippen MR) is 57.2 cm³/mol. The topological polar surface area (TPSA) is 47.6 Å². The van der Waals surface area contributed by atoms with Crippen LogP contribution in [0.1, 0.15) is 40.0 Å². The van der Waals surface area contributed by atoms with Crippen molar-refractivity contribution >= 4 is 0 Å². The molecule has 14 heavy (non-hydrogen) atoms. The van der Waals surface area contributed by atoms with E-state index < -0.39 is 0 Å². The van der Waals surface area contributed by atoms with Crippen LogP contribution in [0.15, 0.2) is 11.6 Å². The molecule has 0 spiro atoms. The lowest BCUT2D eigenvalue weighted by atomic mass is 9.84. The quantitative estimate of drug-likeness (QED) is 0.623. The Kier molecular flexibility index (Phi) is 6.50. The first kappa shape index (κ1) is 12.7. The summed E-state index contributed by atoms with van der Waals surface area (Å²) in [5, 5.41) is 17.3. The SMILES string of the molecule is CCC(C=C(C)C)C(CC#N)CC#N. The molecular formula is C12H18N2. The van der Waals surface area contributed by atoms with E-state index in [1.165, 1.54) is 5.57 Å². The zero-order valence-electron chi connectivity index (χ0n) is 9.25. The van der Waals surface area contributed by atoms with Crippen LogP contribution in [-0.4, -0.2) is 0 Å². The first-order chi connectivity index (χ1) is 6.65. The normalized spacial score (nSPS) is 11.6. The highest BCUT2D eigenvalue weighted by Crippen LogP contribution is 2.24. The molecule has 0 bridgehead atoms. The number of nitrogens with zero attached hydrogens (tertiary/aromatic N) is 2. The van der Waals surface area contributed by atoms with Gasteiger partial charge in [0.05, 0.1) is 12.1 Å². The third-order valence-corrected chi connectivity index (χ3v) is 2.33. The van der Waals surface area contributed by atoms with Crippen molar-refractivity contribution in [3.8, 4) is 12.1 Å². The van der Waals surface area contributed by atoms with Gasteiger partial charge in [0.15, 0.2) is 0 Å². The summed E-state index contributed by atoms with van der Waals surface area (Å²) in [6, 6.07) is 4.32. The fourth-order valence-electron chi connectivity index (χ4n) is 1.62. The number of hydrogen-bond acceptors (Lipinski definition) is 2. The second-order valence-electron chi connectivity index (χ2n) is 3.80. The van der Waals surface area contributed by atoms with Crippen molar-refractivity contribution < 1.29 is 0 Å². The van der Waals surface area contributed by atoms with E-state index in [1.807, 2.05) is 0 Å². The maximum absolute atomic E-state index is 8.66. The van der Waals surface area contributed by atoms with Crippen molar-refractivity contribution in [1.82, 2.24) is 0 Å². The Bertz CT molecular complexity index is 245. The maximum Gasteiger partial charge on any atom is 0.0625 e. The van der Waals surface area contributed by atoms with E-state index in [1.54, 1.807) is 0 Å². The molecule has 0 aromatic heterocycles. The molecule has 1 unspecified atom stereocenters. The average Bonchev–Trinajstić information content (AvgIpc) is 2.13. The van der Waals surface area contributed by atoms with Gasteiger partial charge in [-0.3, -0.25) is 0 Å². The Labute approximate surface area is 86.8 Å². The van der Waals surface area contributed by atoms with E-state index in [0.29, 0.717) is 18.8 Å². The lowest BCUT2D eigenvalue weighted by molar-refractivity contribution is 0.396. The molecule has 0 aliphatic heterocycles. The second-order valence-corrected chi connectivity index (χ2v) is 3.80. The summed E-state index contributed by atoms with van der Waals surface area (Å²) in [6.45, 7) is 6.21. The predicted octanol–water partition coefficient (Wildman–Crippen LogP) is 3.42. The minimum atomic E-state index is 0.199. The van der Waals surface area contributed by atoms with Gasteiger partial charge in [0, 0.05) is 12.8 Å². The van der Waals surface area contributed by atoms with Gasteiger partial charge in [0.1, 0.15) is 0 Å². The van der Waals surface area contributed by atoms with Crippen LogP contribution in [0.25, 0.3) is 0 Å². The molecule has 0 aliphatic carbocycles. The van der Waals surface area contributed by atoms with Crippen LogP contribution in [-0.2, 0) is 0 Å². The van der Waals surface area contributed by atoms with Gasteiger partial charge in [-0.1, -0.05) is 18.6 Å². The smallest absolute Gasteiger partial charge is 0.0625 e. The van der Waals surface area contributed by atoms with Gasteiger partial charge in [-0.2, -0.15) is 10.5 Å². The fraction of sp³-hybridized carbons (Fsp3) is 0.667. The van der Waals surface area contributed by atoms with Crippen LogP contribution in [0, 0.1) is 34.5 Å². The summed E-state index contributed by atoms with van der Waals surface area (Å²) in [4.78, 5) is 0. The van der Waals surface area contributed by atoms with Crippen LogP contribution in [0.5, 0.6) is 0 Å². The molecule has 0 saturated heterocycles. The lowest BCUT2D eigenvalue weighted by Gasteiger charge is -2.18. The average molecular weight is 190 g/mol. The molecule has 0 aliphatic rings. The zero-order valence-corrected chi connectivity index (χ0v) is 9.25. The Morgan fingerprint density at radius 2 is 1.71 bits per heavy atom. The standard InChI is InChI=1S/C12H18N2/c1-4-11(9-10(2)3)12(5-7-13)6-8-14/h9,11-12H,4-6H2,1-3H3. The molecule has 0 rings (SSSR count). The van der Waals surface area contributed by atoms with Crippen molar-refractivity contribution in [3.05, 3.63) is 11.6 Å². The van der Waals surface area contributed by atoms with Gasteiger partial charge >= 0.3 is 0 Å². The minimum absolute atomic E-state index is 0.199. The molecule has 0 N–H and O–H groups in total. The molecule has 0 amide bonds. The van der Waals surface area contributed by atoms with Crippen LogP contribution in [0.2, 0.25) is 0 Å². The van der Waals surface area contributed by atoms with E-state index in [2.05, 4.69) is 39.0 Å². The van der Waals surface area contributed by atoms with E-state index in [4.69, 9.17) is 10.5 Å². The Morgan fingerprint density at radius 1 is 1.21 bits per heavy atom. The second kappa shape index (κ2) is 7.15. The van der Waals surface area contributed by atoms with Crippen LogP contribution < -0.4 is 0 Å². The minimum Gasteiger partial charge on any atom is -0.198 e. The third kappa shape index (κ3) is 4.67. The van der Waals surface area contributed by atoms with E-state index in [9.17, 15) is 0 Å². The largest absolute Gasteiger partial charge is 0.198 e. The summed E-state index contributed by atoms with van der Waals surface area (Å²) in [6.07, 6.45) is 4.14. The first-order valence-electron chi connectivity index (χ1n) is 5.04. The molecule has 0 radical (unpaired) electrons. The summed E-state index contributed by atoms with van der Waals surface area (Å²) >= 11 is 0. The molecule has 0 aromatic rings. The summed E-state index contributed by atoms with van der Waals surface area (Å²) in [5.74, 6) is 0.573. The summed E-state index contributed by atoms with van der Waals surface area (Å²) in [7, 11) is 0. The molecule has 0 saturated carbocycles. The van der Waals surface area contributed by atoms with E-state index in [0.717, 1.165) is 6.42 Å². The van der Waals surface area contributed by atoms with Crippen molar-refractivity contribution in [2.24, 2.45) is 11.8 Å². The highest BCUT2D eigenvalue weighted by molar-refractivity contribution is 5.01. The molecule has 2 heteroatoms. The Morgan fingerprint density at radius 3 is 2.00 bits per heavy atom. The van der Waals surface area contributed by atoms with Gasteiger partial charge in [-0.15, -0.1) is 0 Å². The molecule has 1 atom stereocenters. The molecule has 0 fully saturated rings. The zero-order chi connectivity index (χ0) is 11.0. The molecule has 76 valence electrons. The van der Waals surface area contributed by atoms with E-state index >= 15 is 0 Å². The van der Waals surface area contributed by atoms with Crippen molar-refractivity contribution in [1.29, 1.82) is 10.5 Å². The first-order valence-corrected chi connectivity index (χ1v) is 5.04. The van der Waals surface area contributed by atoms with Crippen molar-refractivity contribution in [2.45, 2.75) is 40.0 Å². The van der Waals surface area contributed by atoms with Crippen LogP contribution in [0.3, 0.4) is 0 Å². The van der Waals surface area contributed by atoms with Gasteiger partial charge in [-0.05, 0) is 32.1 Å². The van der Waals surface area contributed by atoms with Gasteiger partial charge < -0.3 is 0 Å². The van der Waals surface area contributed by atoms with Gasteiger partial charge in [-0.25, -0.2) is 0 Å². The monoisotopic (exact) mass is 190 g/mol. The summed E-state index contributed by atoms with van der Waals surface area (Å²) < 4.78 is 0. The number of nitriles is 2. The number of rotatable bonds is 5. The van der Waals surface area contributed by atoms with Gasteiger partial charge in [0.2, 0.25) is 0 Å². The van der Waals surface area contributed by atoms with Crippen LogP contribution >= 0.6 is 0 Å². The molecule has 0 aromatic carbocycles. The van der Waals surface area contributed by atoms with Crippen molar-refractivity contribution in [2.75, 3.05) is 0 Å². The highest BCUT2D eigenvalue weighted by atomic mass is 14.3. The number of hydrogen-bond donors (Lipinski definition) is 0. The summed E-state index contributed by atoms with van der Waals surface area (Å²) in [5.41, 5.74) is 1.26. The van der Waals surface area contributed by atoms with Gasteiger partial charge in [0.25, 0.3) is 0 Å². The Hall–Kier alpha value is -1.28. The van der Waals surface area contributed by atoms with Crippen molar-refractivity contribution in [3.63, 3.8) is 0 Å². The Balaban J connectivity index is 4.52. The van der Waals surface area contributed by atoms with E-state index in [-0.39, 0.29) is 5.92 Å². The lowest BCUT2D eigenvalue weighted by Crippen LogP contribution is -2.11. The maximum atomic E-state index is 8.66. The fourth-order valence-corrected chi connectivity index (χ4v) is 1.62.